The van der Waals surface area contributed by atoms with Gasteiger partial charge in [0.05, 0.1) is 15.3 Å². The second-order valence-corrected chi connectivity index (χ2v) is 17.9. The Morgan fingerprint density at radius 2 is 1.66 bits per heavy atom. The van der Waals surface area contributed by atoms with Gasteiger partial charge in [-0.2, -0.15) is 0 Å². The minimum Gasteiger partial charge on any atom is -0.376 e. The Hall–Kier alpha value is -5.94. The summed E-state index contributed by atoms with van der Waals surface area (Å²) in [5.41, 5.74) is 9.99. The summed E-state index contributed by atoms with van der Waals surface area (Å²) in [7, 11) is -4.31. The largest absolute Gasteiger partial charge is 0.376 e. The number of thioether (sulfide) groups is 1. The average molecular weight is 880 g/mol. The lowest BCUT2D eigenvalue weighted by atomic mass is 9.99. The van der Waals surface area contributed by atoms with E-state index in [9.17, 15) is 23.3 Å². The number of nitrogens with two attached hydrogens (primary N) is 1. The molecule has 0 radical (unpaired) electrons. The maximum absolute atomic E-state index is 13.8. The van der Waals surface area contributed by atoms with Gasteiger partial charge >= 0.3 is 6.03 Å². The number of unbranched alkanes of at least 4 members (excludes halogenated alkanes) is 1. The topological polar surface area (TPSA) is 189 Å². The van der Waals surface area contributed by atoms with Crippen molar-refractivity contribution in [2.24, 2.45) is 5.73 Å². The number of sulfonamides is 1. The van der Waals surface area contributed by atoms with E-state index >= 15 is 0 Å². The Bertz CT molecular complexity index is 2580. The highest BCUT2D eigenvalue weighted by Crippen LogP contribution is 2.33. The van der Waals surface area contributed by atoms with Crippen molar-refractivity contribution >= 4 is 73.2 Å². The molecule has 0 spiro atoms. The minimum atomic E-state index is -4.31. The highest BCUT2D eigenvalue weighted by Gasteiger charge is 2.25. The molecule has 1 saturated heterocycles. The number of nitro benzene ring substituents is 1. The van der Waals surface area contributed by atoms with Crippen LogP contribution >= 0.6 is 23.4 Å². The maximum atomic E-state index is 13.8. The molecule has 0 aliphatic carbocycles. The number of fused-ring (bicyclic) bond motifs is 1. The lowest BCUT2D eigenvalue weighted by molar-refractivity contribution is -0.384. The number of hydrogen-bond donors (Lipinski definition) is 4. The van der Waals surface area contributed by atoms with Crippen LogP contribution in [0.15, 0.2) is 131 Å². The highest BCUT2D eigenvalue weighted by atomic mass is 35.5. The summed E-state index contributed by atoms with van der Waals surface area (Å²) in [5.74, 6) is 0.649. The maximum Gasteiger partial charge on any atom is 0.312 e. The van der Waals surface area contributed by atoms with Crippen LogP contribution in [0.5, 0.6) is 0 Å². The number of aromatic nitrogens is 2. The third-order valence-electron chi connectivity index (χ3n) is 10.4. The quantitative estimate of drug-likeness (QED) is 0.0281. The van der Waals surface area contributed by atoms with Gasteiger partial charge in [-0.3, -0.25) is 19.7 Å². The monoisotopic (exact) mass is 879 g/mol. The van der Waals surface area contributed by atoms with Crippen LogP contribution in [0.25, 0.3) is 22.0 Å². The Kier molecular flexibility index (Phi) is 14.2. The smallest absolute Gasteiger partial charge is 0.312 e. The lowest BCUT2D eigenvalue weighted by Crippen LogP contribution is -2.46. The SMILES string of the molecule is NC(=O)NCCCC[C@H](CSc1ccccc1)Nc1ccc(S(=O)(=O)Nc2ncnc3cc(N4CCN(Cc5cc(Cl)ccc5-c5ccccc5)CC4)ccc23)cc1[N+](=O)[O-]. The Labute approximate surface area is 364 Å². The van der Waals surface area contributed by atoms with Crippen molar-refractivity contribution in [1.82, 2.24) is 20.2 Å². The average Bonchev–Trinajstić information content (AvgIpc) is 3.26. The molecule has 1 fully saturated rings. The Morgan fingerprint density at radius 3 is 2.39 bits per heavy atom. The van der Waals surface area contributed by atoms with Crippen LogP contribution in [0.3, 0.4) is 0 Å². The van der Waals surface area contributed by atoms with E-state index in [1.165, 1.54) is 29.6 Å². The zero-order valence-corrected chi connectivity index (χ0v) is 35.6. The molecule has 0 bridgehead atoms. The van der Waals surface area contributed by atoms with E-state index in [0.29, 0.717) is 47.5 Å². The van der Waals surface area contributed by atoms with E-state index in [1.54, 1.807) is 17.8 Å². The number of rotatable bonds is 18. The van der Waals surface area contributed by atoms with Gasteiger partial charge in [0, 0.05) is 78.1 Å². The van der Waals surface area contributed by atoms with Crippen molar-refractivity contribution in [3.05, 3.63) is 142 Å². The molecule has 1 aliphatic rings. The fourth-order valence-electron chi connectivity index (χ4n) is 7.32. The van der Waals surface area contributed by atoms with E-state index in [4.69, 9.17) is 17.3 Å². The van der Waals surface area contributed by atoms with Crippen LogP contribution in [0, 0.1) is 10.1 Å². The van der Waals surface area contributed by atoms with Crippen molar-refractivity contribution in [2.75, 3.05) is 53.4 Å². The van der Waals surface area contributed by atoms with Crippen LogP contribution in [0.1, 0.15) is 24.8 Å². The highest BCUT2D eigenvalue weighted by molar-refractivity contribution is 7.99. The predicted octanol–water partition coefficient (Wildman–Crippen LogP) is 8.39. The molecule has 14 nitrogen and oxygen atoms in total. The Morgan fingerprint density at radius 1 is 0.902 bits per heavy atom. The zero-order valence-electron chi connectivity index (χ0n) is 33.2. The molecule has 61 heavy (non-hydrogen) atoms. The van der Waals surface area contributed by atoms with Crippen LogP contribution in [0.4, 0.5) is 27.7 Å². The van der Waals surface area contributed by atoms with E-state index in [-0.39, 0.29) is 28.1 Å². The van der Waals surface area contributed by atoms with Gasteiger partial charge in [-0.25, -0.2) is 23.2 Å². The molecular weight excluding hydrogens is 834 g/mol. The summed E-state index contributed by atoms with van der Waals surface area (Å²) in [5, 5.41) is 19.4. The summed E-state index contributed by atoms with van der Waals surface area (Å²) in [6, 6.07) is 34.8. The number of amides is 2. The summed E-state index contributed by atoms with van der Waals surface area (Å²) >= 11 is 8.03. The molecule has 5 aromatic carbocycles. The number of piperazine rings is 1. The molecule has 1 aliphatic heterocycles. The molecule has 17 heteroatoms. The summed E-state index contributed by atoms with van der Waals surface area (Å²) in [4.78, 5) is 37.0. The molecule has 7 rings (SSSR count). The molecule has 316 valence electrons. The molecule has 2 heterocycles. The summed E-state index contributed by atoms with van der Waals surface area (Å²) < 4.78 is 30.1. The number of halogens is 1. The molecule has 1 atom stereocenters. The van der Waals surface area contributed by atoms with E-state index in [0.717, 1.165) is 54.9 Å². The van der Waals surface area contributed by atoms with Crippen LogP contribution in [-0.4, -0.2) is 78.8 Å². The van der Waals surface area contributed by atoms with Crippen LogP contribution in [-0.2, 0) is 16.6 Å². The third-order valence-corrected chi connectivity index (χ3v) is 13.2. The number of anilines is 3. The third kappa shape index (κ3) is 11.5. The number of nitrogens with zero attached hydrogens (tertiary/aromatic N) is 5. The first-order valence-corrected chi connectivity index (χ1v) is 22.7. The number of hydrogen-bond acceptors (Lipinski definition) is 11. The van der Waals surface area contributed by atoms with Crippen molar-refractivity contribution in [3.63, 3.8) is 0 Å². The van der Waals surface area contributed by atoms with Gasteiger partial charge in [-0.05, 0) is 90.6 Å². The van der Waals surface area contributed by atoms with Gasteiger partial charge in [0.2, 0.25) is 0 Å². The lowest BCUT2D eigenvalue weighted by Gasteiger charge is -2.36. The number of carbonyl (C=O) groups is 1. The number of nitro groups is 1. The summed E-state index contributed by atoms with van der Waals surface area (Å²) in [6.45, 7) is 4.40. The molecule has 0 saturated carbocycles. The Balaban J connectivity index is 1.02. The van der Waals surface area contributed by atoms with Gasteiger partial charge in [0.25, 0.3) is 15.7 Å². The number of nitrogens with one attached hydrogen (secondary N) is 3. The molecule has 1 aromatic heterocycles. The number of urea groups is 1. The molecule has 6 aromatic rings. The van der Waals surface area contributed by atoms with Gasteiger partial charge in [-0.15, -0.1) is 11.8 Å². The van der Waals surface area contributed by atoms with Gasteiger partial charge in [-0.1, -0.05) is 66.2 Å². The van der Waals surface area contributed by atoms with Gasteiger partial charge in [0.15, 0.2) is 5.82 Å². The van der Waals surface area contributed by atoms with Crippen molar-refractivity contribution in [3.8, 4) is 11.1 Å². The molecule has 2 amide bonds. The number of carbonyl (C=O) groups excluding carboxylic acids is 1. The van der Waals surface area contributed by atoms with E-state index in [2.05, 4.69) is 53.3 Å². The second-order valence-electron chi connectivity index (χ2n) is 14.6. The minimum absolute atomic E-state index is 0.0609. The number of primary amides is 1. The fourth-order valence-corrected chi connectivity index (χ4v) is 9.55. The predicted molar refractivity (Wildman–Crippen MR) is 244 cm³/mol. The van der Waals surface area contributed by atoms with Crippen molar-refractivity contribution in [1.29, 1.82) is 0 Å². The first-order valence-electron chi connectivity index (χ1n) is 19.9. The first kappa shape index (κ1) is 43.2. The number of benzene rings is 5. The standard InChI is InChI=1S/C44H46ClN9O5S2/c45-33-14-17-38(31-9-3-1-4-10-31)32(25-33)28-52-21-23-53(24-22-52)35-15-18-39-41(26-35)48-30-49-43(39)51-61(58,59)37-16-19-40(42(27-37)54(56)57)50-34(11-7-8-20-47-44(46)55)29-60-36-12-5-2-6-13-36/h1-6,9-10,12-19,25-27,30,34,50H,7-8,11,20-24,28-29H2,(H3,46,47,55)(H,48,49,51)/t34-/m1/s1. The van der Waals surface area contributed by atoms with Crippen LogP contribution < -0.4 is 26.0 Å². The fraction of sp³-hybridized carbons (Fsp3) is 0.250. The summed E-state index contributed by atoms with van der Waals surface area (Å²) in [6.07, 6.45) is 3.31. The molecule has 0 unspecified atom stereocenters. The van der Waals surface area contributed by atoms with Gasteiger partial charge in [0.1, 0.15) is 12.0 Å². The second kappa shape index (κ2) is 20.1. The normalized spacial score (nSPS) is 13.8. The van der Waals surface area contributed by atoms with Gasteiger partial charge < -0.3 is 21.3 Å². The van der Waals surface area contributed by atoms with E-state index < -0.39 is 21.0 Å². The van der Waals surface area contributed by atoms with E-state index in [1.807, 2.05) is 72.8 Å². The van der Waals surface area contributed by atoms with Crippen molar-refractivity contribution in [2.45, 2.75) is 41.6 Å². The zero-order chi connectivity index (χ0) is 42.8. The first-order chi connectivity index (χ1) is 29.5. The van der Waals surface area contributed by atoms with Crippen molar-refractivity contribution < 1.29 is 18.1 Å². The van der Waals surface area contributed by atoms with Crippen LogP contribution in [0.2, 0.25) is 5.02 Å². The molecule has 5 N–H and O–H groups in total. The molecular formula is C44H46ClN9O5S2.